The quantitative estimate of drug-likeness (QED) is 0.323. The number of aliphatic hydroxyl groups excluding tert-OH is 1. The Hall–Kier alpha value is -4.08. The zero-order valence-electron chi connectivity index (χ0n) is 20.3. The molecule has 1 saturated carbocycles. The summed E-state index contributed by atoms with van der Waals surface area (Å²) in [6, 6.07) is 17.4. The molecule has 5 rings (SSSR count). The summed E-state index contributed by atoms with van der Waals surface area (Å²) >= 11 is 6.33. The summed E-state index contributed by atoms with van der Waals surface area (Å²) in [5.41, 5.74) is 1.29. The average Bonchev–Trinajstić information content (AvgIpc) is 3.35. The number of hydrogen-bond acceptors (Lipinski definition) is 5. The molecule has 1 aliphatic rings. The molecule has 1 fully saturated rings. The Morgan fingerprint density at radius 1 is 1.00 bits per heavy atom. The number of rotatable bonds is 6. The molecule has 10 heteroatoms. The van der Waals surface area contributed by atoms with Gasteiger partial charge >= 0.3 is 0 Å². The Balaban J connectivity index is 1.45. The standard InChI is InChI=1S/C28H25ClFN5O3/c29-20-13-12-17(26-21(30)9-6-14-31-26)15-19(20)27(37)33-25-16-23(34-35(25)18-7-2-1-3-8-18)28(38)32-22-10-4-5-11-24(22)36/h1-3,6-9,12-16,22,24,36H,4-5,10-11H2,(H,32,38)(H,33,37)/t22-,24+/m0/s1. The number of carbonyl (C=O) groups excluding carboxylic acids is 2. The van der Waals surface area contributed by atoms with Crippen LogP contribution in [0.1, 0.15) is 46.5 Å². The van der Waals surface area contributed by atoms with Crippen LogP contribution in [0, 0.1) is 5.82 Å². The number of benzene rings is 2. The number of halogens is 2. The predicted molar refractivity (Wildman–Crippen MR) is 142 cm³/mol. The Morgan fingerprint density at radius 2 is 1.79 bits per heavy atom. The highest BCUT2D eigenvalue weighted by molar-refractivity contribution is 6.34. The van der Waals surface area contributed by atoms with Gasteiger partial charge in [-0.2, -0.15) is 5.10 Å². The lowest BCUT2D eigenvalue weighted by Gasteiger charge is -2.27. The average molecular weight is 534 g/mol. The first-order chi connectivity index (χ1) is 18.4. The van der Waals surface area contributed by atoms with E-state index in [1.54, 1.807) is 18.2 Å². The Kier molecular flexibility index (Phi) is 7.48. The minimum Gasteiger partial charge on any atom is -0.391 e. The van der Waals surface area contributed by atoms with E-state index < -0.39 is 23.7 Å². The van der Waals surface area contributed by atoms with Gasteiger partial charge in [0.1, 0.15) is 17.3 Å². The van der Waals surface area contributed by atoms with Gasteiger partial charge in [-0.1, -0.05) is 48.7 Å². The molecule has 4 aromatic rings. The molecule has 0 spiro atoms. The number of amides is 2. The molecule has 38 heavy (non-hydrogen) atoms. The van der Waals surface area contributed by atoms with E-state index in [9.17, 15) is 19.1 Å². The zero-order valence-corrected chi connectivity index (χ0v) is 21.0. The second-order valence-corrected chi connectivity index (χ2v) is 9.48. The number of aliphatic hydroxyl groups is 1. The SMILES string of the molecule is O=C(N[C@H]1CCCC[C@H]1O)c1cc(NC(=O)c2cc(-c3ncccc3F)ccc2Cl)n(-c2ccccc2)n1. The number of aromatic nitrogens is 3. The van der Waals surface area contributed by atoms with Gasteiger partial charge in [-0.25, -0.2) is 9.07 Å². The molecule has 3 N–H and O–H groups in total. The molecule has 2 aromatic heterocycles. The summed E-state index contributed by atoms with van der Waals surface area (Å²) < 4.78 is 15.8. The van der Waals surface area contributed by atoms with Crippen LogP contribution in [0.2, 0.25) is 5.02 Å². The summed E-state index contributed by atoms with van der Waals surface area (Å²) in [7, 11) is 0. The first-order valence-corrected chi connectivity index (χ1v) is 12.6. The van der Waals surface area contributed by atoms with Crippen molar-refractivity contribution in [1.82, 2.24) is 20.1 Å². The highest BCUT2D eigenvalue weighted by Gasteiger charge is 2.27. The van der Waals surface area contributed by atoms with Crippen LogP contribution >= 0.6 is 11.6 Å². The number of carbonyl (C=O) groups is 2. The number of anilines is 1. The molecule has 0 saturated heterocycles. The molecule has 0 bridgehead atoms. The van der Waals surface area contributed by atoms with Crippen LogP contribution in [0.25, 0.3) is 16.9 Å². The first kappa shape index (κ1) is 25.6. The van der Waals surface area contributed by atoms with Crippen LogP contribution in [0.3, 0.4) is 0 Å². The summed E-state index contributed by atoms with van der Waals surface area (Å²) in [6.45, 7) is 0. The number of hydrogen-bond donors (Lipinski definition) is 3. The maximum Gasteiger partial charge on any atom is 0.272 e. The molecule has 0 unspecified atom stereocenters. The second-order valence-electron chi connectivity index (χ2n) is 9.08. The van der Waals surface area contributed by atoms with Gasteiger partial charge in [0.25, 0.3) is 11.8 Å². The molecule has 1 aliphatic carbocycles. The van der Waals surface area contributed by atoms with Crippen molar-refractivity contribution in [1.29, 1.82) is 0 Å². The summed E-state index contributed by atoms with van der Waals surface area (Å²) in [6.07, 6.45) is 4.01. The van der Waals surface area contributed by atoms with Gasteiger partial charge in [-0.05, 0) is 49.2 Å². The highest BCUT2D eigenvalue weighted by Crippen LogP contribution is 2.27. The summed E-state index contributed by atoms with van der Waals surface area (Å²) in [5.74, 6) is -1.31. The number of para-hydroxylation sites is 1. The van der Waals surface area contributed by atoms with Gasteiger partial charge in [0.15, 0.2) is 5.69 Å². The van der Waals surface area contributed by atoms with Crippen molar-refractivity contribution in [3.8, 4) is 16.9 Å². The number of pyridine rings is 1. The Morgan fingerprint density at radius 3 is 2.55 bits per heavy atom. The van der Waals surface area contributed by atoms with Crippen LogP contribution in [0.4, 0.5) is 10.2 Å². The smallest absolute Gasteiger partial charge is 0.272 e. The Labute approximate surface area is 223 Å². The maximum absolute atomic E-state index is 14.3. The minimum atomic E-state index is -0.610. The second kappa shape index (κ2) is 11.1. The maximum atomic E-state index is 14.3. The summed E-state index contributed by atoms with van der Waals surface area (Å²) in [5, 5.41) is 20.5. The van der Waals surface area contributed by atoms with Crippen molar-refractivity contribution >= 4 is 29.2 Å². The molecule has 0 radical (unpaired) electrons. The lowest BCUT2D eigenvalue weighted by atomic mass is 9.92. The predicted octanol–water partition coefficient (Wildman–Crippen LogP) is 5.01. The van der Waals surface area contributed by atoms with Crippen LogP contribution in [-0.2, 0) is 0 Å². The van der Waals surface area contributed by atoms with Gasteiger partial charge < -0.3 is 15.7 Å². The monoisotopic (exact) mass is 533 g/mol. The molecule has 8 nitrogen and oxygen atoms in total. The minimum absolute atomic E-state index is 0.0809. The third-order valence-electron chi connectivity index (χ3n) is 6.47. The highest BCUT2D eigenvalue weighted by atomic mass is 35.5. The topological polar surface area (TPSA) is 109 Å². The molecule has 194 valence electrons. The van der Waals surface area contributed by atoms with E-state index in [0.29, 0.717) is 24.1 Å². The first-order valence-electron chi connectivity index (χ1n) is 12.3. The fourth-order valence-corrected chi connectivity index (χ4v) is 4.70. The van der Waals surface area contributed by atoms with E-state index in [0.717, 1.165) is 12.8 Å². The van der Waals surface area contributed by atoms with Gasteiger partial charge in [0, 0.05) is 17.8 Å². The van der Waals surface area contributed by atoms with Crippen molar-refractivity contribution in [3.63, 3.8) is 0 Å². The van der Waals surface area contributed by atoms with Crippen molar-refractivity contribution in [3.05, 3.63) is 95.0 Å². The van der Waals surface area contributed by atoms with Crippen molar-refractivity contribution < 1.29 is 19.1 Å². The summed E-state index contributed by atoms with van der Waals surface area (Å²) in [4.78, 5) is 30.4. The van der Waals surface area contributed by atoms with Gasteiger partial charge in [0.05, 0.1) is 28.4 Å². The molecule has 2 heterocycles. The van der Waals surface area contributed by atoms with E-state index in [4.69, 9.17) is 11.6 Å². The van der Waals surface area contributed by atoms with Gasteiger partial charge in [-0.3, -0.25) is 14.6 Å². The molecule has 2 amide bonds. The van der Waals surface area contributed by atoms with Crippen LogP contribution in [0.5, 0.6) is 0 Å². The van der Waals surface area contributed by atoms with Crippen molar-refractivity contribution in [2.75, 3.05) is 5.32 Å². The van der Waals surface area contributed by atoms with Crippen LogP contribution in [-0.4, -0.2) is 43.8 Å². The van der Waals surface area contributed by atoms with E-state index in [2.05, 4.69) is 20.7 Å². The largest absolute Gasteiger partial charge is 0.391 e. The van der Waals surface area contributed by atoms with E-state index in [-0.39, 0.29) is 33.8 Å². The van der Waals surface area contributed by atoms with E-state index in [1.807, 2.05) is 18.2 Å². The van der Waals surface area contributed by atoms with E-state index >= 15 is 0 Å². The molecule has 2 aromatic carbocycles. The van der Waals surface area contributed by atoms with Gasteiger partial charge in [0.2, 0.25) is 0 Å². The fourth-order valence-electron chi connectivity index (χ4n) is 4.50. The molecular weight excluding hydrogens is 509 g/mol. The van der Waals surface area contributed by atoms with Crippen molar-refractivity contribution in [2.45, 2.75) is 37.8 Å². The van der Waals surface area contributed by atoms with E-state index in [1.165, 1.54) is 41.2 Å². The zero-order chi connectivity index (χ0) is 26.6. The molecule has 0 aliphatic heterocycles. The van der Waals surface area contributed by atoms with Crippen LogP contribution in [0.15, 0.2) is 72.9 Å². The molecule has 2 atom stereocenters. The lowest BCUT2D eigenvalue weighted by Crippen LogP contribution is -2.45. The normalized spacial score (nSPS) is 17.1. The van der Waals surface area contributed by atoms with Crippen molar-refractivity contribution in [2.24, 2.45) is 0 Å². The van der Waals surface area contributed by atoms with Gasteiger partial charge in [-0.15, -0.1) is 0 Å². The number of nitrogens with zero attached hydrogens (tertiary/aromatic N) is 3. The molecular formula is C28H25ClFN5O3. The Bertz CT molecular complexity index is 1480. The lowest BCUT2D eigenvalue weighted by molar-refractivity contribution is 0.0713. The van der Waals surface area contributed by atoms with Crippen LogP contribution < -0.4 is 10.6 Å². The number of nitrogens with one attached hydrogen (secondary N) is 2. The fraction of sp³-hybridized carbons (Fsp3) is 0.214. The third-order valence-corrected chi connectivity index (χ3v) is 6.80. The third kappa shape index (κ3) is 5.44.